The highest BCUT2D eigenvalue weighted by Gasteiger charge is 2.09. The number of carbonyl (C=O) groups excluding carboxylic acids is 3. The van der Waals surface area contributed by atoms with Gasteiger partial charge in [-0.1, -0.05) is 35.9 Å². The van der Waals surface area contributed by atoms with Crippen LogP contribution in [0.3, 0.4) is 0 Å². The molecular formula is C25H23ClN2O5. The molecule has 0 unspecified atom stereocenters. The zero-order chi connectivity index (χ0) is 23.6. The highest BCUT2D eigenvalue weighted by molar-refractivity contribution is 6.30. The monoisotopic (exact) mass is 466 g/mol. The van der Waals surface area contributed by atoms with E-state index < -0.39 is 6.16 Å². The first kappa shape index (κ1) is 23.8. The summed E-state index contributed by atoms with van der Waals surface area (Å²) in [6.07, 6.45) is -0.544. The van der Waals surface area contributed by atoms with Gasteiger partial charge in [0.05, 0.1) is 13.0 Å². The lowest BCUT2D eigenvalue weighted by Crippen LogP contribution is -2.22. The Kier molecular flexibility index (Phi) is 8.43. The van der Waals surface area contributed by atoms with Crippen LogP contribution in [0, 0.1) is 0 Å². The SMILES string of the molecule is CCOC(=O)Oc1ccc(C(=O)NCc2ccc(NC(=O)Cc3ccc(Cl)cc3)cc2)cc1. The predicted molar refractivity (Wildman–Crippen MR) is 125 cm³/mol. The van der Waals surface area contributed by atoms with E-state index in [-0.39, 0.29) is 24.8 Å². The van der Waals surface area contributed by atoms with Gasteiger partial charge in [0.2, 0.25) is 5.91 Å². The summed E-state index contributed by atoms with van der Waals surface area (Å²) in [6.45, 7) is 2.22. The van der Waals surface area contributed by atoms with Crippen LogP contribution in [0.25, 0.3) is 0 Å². The van der Waals surface area contributed by atoms with E-state index in [1.165, 1.54) is 12.1 Å². The molecule has 0 aliphatic heterocycles. The molecule has 170 valence electrons. The molecule has 0 bridgehead atoms. The van der Waals surface area contributed by atoms with Gasteiger partial charge in [-0.3, -0.25) is 9.59 Å². The minimum absolute atomic E-state index is 0.131. The Labute approximate surface area is 196 Å². The molecule has 3 rings (SSSR count). The third kappa shape index (κ3) is 7.66. The first-order chi connectivity index (χ1) is 15.9. The summed E-state index contributed by atoms with van der Waals surface area (Å²) in [5, 5.41) is 6.30. The Morgan fingerprint density at radius 3 is 2.12 bits per heavy atom. The highest BCUT2D eigenvalue weighted by atomic mass is 35.5. The van der Waals surface area contributed by atoms with Crippen molar-refractivity contribution >= 4 is 35.3 Å². The molecule has 0 aliphatic rings. The van der Waals surface area contributed by atoms with Crippen LogP contribution >= 0.6 is 11.6 Å². The lowest BCUT2D eigenvalue weighted by atomic mass is 10.1. The van der Waals surface area contributed by atoms with E-state index in [1.807, 2.05) is 24.3 Å². The normalized spacial score (nSPS) is 10.2. The van der Waals surface area contributed by atoms with E-state index in [0.29, 0.717) is 28.6 Å². The summed E-state index contributed by atoms with van der Waals surface area (Å²) in [4.78, 5) is 35.9. The Bertz CT molecular complexity index is 1100. The number of nitrogens with one attached hydrogen (secondary N) is 2. The number of halogens is 1. The fourth-order valence-electron chi connectivity index (χ4n) is 2.90. The molecule has 0 saturated carbocycles. The van der Waals surface area contributed by atoms with Gasteiger partial charge in [0.15, 0.2) is 0 Å². The minimum Gasteiger partial charge on any atom is -0.434 e. The molecule has 0 aliphatic carbocycles. The number of rotatable bonds is 8. The van der Waals surface area contributed by atoms with Crippen molar-refractivity contribution in [2.24, 2.45) is 0 Å². The molecule has 0 saturated heterocycles. The van der Waals surface area contributed by atoms with Crippen molar-refractivity contribution in [3.63, 3.8) is 0 Å². The molecule has 0 atom stereocenters. The quantitative estimate of drug-likeness (QED) is 0.360. The fraction of sp³-hybridized carbons (Fsp3) is 0.160. The van der Waals surface area contributed by atoms with E-state index >= 15 is 0 Å². The van der Waals surface area contributed by atoms with Crippen LogP contribution in [0.1, 0.15) is 28.4 Å². The van der Waals surface area contributed by atoms with E-state index in [0.717, 1.165) is 11.1 Å². The van der Waals surface area contributed by atoms with E-state index in [2.05, 4.69) is 10.6 Å². The molecule has 3 aromatic carbocycles. The average Bonchev–Trinajstić information content (AvgIpc) is 2.80. The minimum atomic E-state index is -0.792. The van der Waals surface area contributed by atoms with E-state index in [9.17, 15) is 14.4 Å². The van der Waals surface area contributed by atoms with Crippen LogP contribution in [0.15, 0.2) is 72.8 Å². The van der Waals surface area contributed by atoms with Crippen molar-refractivity contribution in [2.75, 3.05) is 11.9 Å². The van der Waals surface area contributed by atoms with Crippen molar-refractivity contribution in [2.45, 2.75) is 19.9 Å². The molecule has 7 nitrogen and oxygen atoms in total. The number of hydrogen-bond donors (Lipinski definition) is 2. The van der Waals surface area contributed by atoms with Crippen LogP contribution in [0.2, 0.25) is 5.02 Å². The first-order valence-corrected chi connectivity index (χ1v) is 10.7. The van der Waals surface area contributed by atoms with Gasteiger partial charge in [-0.25, -0.2) is 4.79 Å². The Morgan fingerprint density at radius 2 is 1.48 bits per heavy atom. The smallest absolute Gasteiger partial charge is 0.434 e. The van der Waals surface area contributed by atoms with Crippen molar-refractivity contribution in [1.82, 2.24) is 5.32 Å². The summed E-state index contributed by atoms with van der Waals surface area (Å²) >= 11 is 5.86. The topological polar surface area (TPSA) is 93.7 Å². The highest BCUT2D eigenvalue weighted by Crippen LogP contribution is 2.15. The molecule has 0 spiro atoms. The van der Waals surface area contributed by atoms with Gasteiger partial charge in [-0.15, -0.1) is 0 Å². The van der Waals surface area contributed by atoms with Crippen LogP contribution in [0.5, 0.6) is 5.75 Å². The Balaban J connectivity index is 1.46. The zero-order valence-corrected chi connectivity index (χ0v) is 18.7. The number of carbonyl (C=O) groups is 3. The standard InChI is InChI=1S/C25H23ClN2O5/c1-2-32-25(31)33-22-13-7-19(8-14-22)24(30)27-16-18-5-11-21(12-6-18)28-23(29)15-17-3-9-20(26)10-4-17/h3-14H,2,15-16H2,1H3,(H,27,30)(H,28,29). The second-order valence-corrected chi connectivity index (χ2v) is 7.48. The maximum absolute atomic E-state index is 12.4. The van der Waals surface area contributed by atoms with Crippen LogP contribution < -0.4 is 15.4 Å². The Hall–Kier alpha value is -3.84. The number of anilines is 1. The van der Waals surface area contributed by atoms with Gasteiger partial charge in [0, 0.05) is 22.8 Å². The third-order valence-electron chi connectivity index (χ3n) is 4.55. The van der Waals surface area contributed by atoms with E-state index in [4.69, 9.17) is 21.1 Å². The third-order valence-corrected chi connectivity index (χ3v) is 4.80. The largest absolute Gasteiger partial charge is 0.513 e. The number of ether oxygens (including phenoxy) is 2. The summed E-state index contributed by atoms with van der Waals surface area (Å²) in [5.41, 5.74) is 2.84. The van der Waals surface area contributed by atoms with Crippen molar-refractivity contribution < 1.29 is 23.9 Å². The number of amides is 2. The van der Waals surface area contributed by atoms with Crippen molar-refractivity contribution in [3.8, 4) is 5.75 Å². The molecule has 0 radical (unpaired) electrons. The molecule has 2 amide bonds. The van der Waals surface area contributed by atoms with Gasteiger partial charge in [-0.05, 0) is 66.6 Å². The van der Waals surface area contributed by atoms with Gasteiger partial charge in [0.1, 0.15) is 5.75 Å². The molecule has 0 fully saturated rings. The lowest BCUT2D eigenvalue weighted by Gasteiger charge is -2.09. The van der Waals surface area contributed by atoms with Gasteiger partial charge in [0.25, 0.3) is 5.91 Å². The molecular weight excluding hydrogens is 444 g/mol. The summed E-state index contributed by atoms with van der Waals surface area (Å²) in [5.74, 6) is -0.106. The van der Waals surface area contributed by atoms with Crippen molar-refractivity contribution in [1.29, 1.82) is 0 Å². The van der Waals surface area contributed by atoms with Crippen molar-refractivity contribution in [3.05, 3.63) is 94.5 Å². The molecule has 0 aromatic heterocycles. The van der Waals surface area contributed by atoms with Crippen LogP contribution in [-0.4, -0.2) is 24.6 Å². The van der Waals surface area contributed by atoms with Crippen LogP contribution in [0.4, 0.5) is 10.5 Å². The number of hydrogen-bond acceptors (Lipinski definition) is 5. The van der Waals surface area contributed by atoms with Crippen LogP contribution in [-0.2, 0) is 22.5 Å². The molecule has 3 aromatic rings. The second kappa shape index (κ2) is 11.7. The Morgan fingerprint density at radius 1 is 0.848 bits per heavy atom. The fourth-order valence-corrected chi connectivity index (χ4v) is 3.03. The van der Waals surface area contributed by atoms with Gasteiger partial charge < -0.3 is 20.1 Å². The number of benzene rings is 3. The molecule has 2 N–H and O–H groups in total. The maximum atomic E-state index is 12.4. The molecule has 8 heteroatoms. The molecule has 0 heterocycles. The van der Waals surface area contributed by atoms with Gasteiger partial charge >= 0.3 is 6.16 Å². The maximum Gasteiger partial charge on any atom is 0.513 e. The average molecular weight is 467 g/mol. The molecule has 33 heavy (non-hydrogen) atoms. The zero-order valence-electron chi connectivity index (χ0n) is 18.0. The van der Waals surface area contributed by atoms with Gasteiger partial charge in [-0.2, -0.15) is 0 Å². The lowest BCUT2D eigenvalue weighted by molar-refractivity contribution is -0.115. The summed E-state index contributed by atoms with van der Waals surface area (Å²) in [7, 11) is 0. The first-order valence-electron chi connectivity index (χ1n) is 10.3. The summed E-state index contributed by atoms with van der Waals surface area (Å²) < 4.78 is 9.67. The second-order valence-electron chi connectivity index (χ2n) is 7.04. The predicted octanol–water partition coefficient (Wildman–Crippen LogP) is 4.99. The van der Waals surface area contributed by atoms with E-state index in [1.54, 1.807) is 43.3 Å². The summed E-state index contributed by atoms with van der Waals surface area (Å²) in [6, 6.07) is 20.5.